The summed E-state index contributed by atoms with van der Waals surface area (Å²) in [6, 6.07) is 9.52. The third kappa shape index (κ3) is 4.76. The molecule has 1 fully saturated rings. The van der Waals surface area contributed by atoms with Gasteiger partial charge in [0.05, 0.1) is 5.92 Å². The van der Waals surface area contributed by atoms with E-state index in [-0.39, 0.29) is 18.4 Å². The van der Waals surface area contributed by atoms with E-state index in [1.807, 2.05) is 30.3 Å². The van der Waals surface area contributed by atoms with Crippen LogP contribution in [0.15, 0.2) is 30.3 Å². The quantitative estimate of drug-likeness (QED) is 0.813. The van der Waals surface area contributed by atoms with Crippen LogP contribution >= 0.6 is 0 Å². The van der Waals surface area contributed by atoms with Crippen LogP contribution in [-0.4, -0.2) is 25.1 Å². The lowest BCUT2D eigenvalue weighted by atomic mass is 9.90. The number of benzene rings is 1. The van der Waals surface area contributed by atoms with Crippen molar-refractivity contribution in [1.82, 2.24) is 10.6 Å². The first-order chi connectivity index (χ1) is 10.7. The summed E-state index contributed by atoms with van der Waals surface area (Å²) >= 11 is 0. The van der Waals surface area contributed by atoms with E-state index in [4.69, 9.17) is 4.74 Å². The van der Waals surface area contributed by atoms with E-state index >= 15 is 0 Å². The predicted molar refractivity (Wildman–Crippen MR) is 84.1 cm³/mol. The van der Waals surface area contributed by atoms with Gasteiger partial charge in [0.1, 0.15) is 6.61 Å². The Labute approximate surface area is 131 Å². The van der Waals surface area contributed by atoms with Crippen LogP contribution in [0.4, 0.5) is 4.79 Å². The molecule has 0 spiro atoms. The van der Waals surface area contributed by atoms with Gasteiger partial charge in [0.15, 0.2) is 0 Å². The van der Waals surface area contributed by atoms with Crippen LogP contribution in [0.2, 0.25) is 0 Å². The van der Waals surface area contributed by atoms with E-state index in [0.717, 1.165) is 24.8 Å². The molecule has 0 aliphatic carbocycles. The van der Waals surface area contributed by atoms with Crippen molar-refractivity contribution in [1.29, 1.82) is 0 Å². The van der Waals surface area contributed by atoms with E-state index < -0.39 is 6.09 Å². The van der Waals surface area contributed by atoms with Gasteiger partial charge in [-0.1, -0.05) is 50.1 Å². The van der Waals surface area contributed by atoms with Crippen molar-refractivity contribution in [2.75, 3.05) is 13.1 Å². The molecule has 0 saturated carbocycles. The Hall–Kier alpha value is -2.04. The molecule has 2 amide bonds. The van der Waals surface area contributed by atoms with Gasteiger partial charge < -0.3 is 15.4 Å². The second-order valence-corrected chi connectivity index (χ2v) is 5.70. The number of rotatable bonds is 7. The highest BCUT2D eigenvalue weighted by molar-refractivity contribution is 5.82. The Kier molecular flexibility index (Phi) is 6.25. The number of alkyl carbamates (subject to hydrolysis) is 1. The molecule has 1 saturated heterocycles. The van der Waals surface area contributed by atoms with E-state index in [2.05, 4.69) is 17.6 Å². The van der Waals surface area contributed by atoms with Crippen molar-refractivity contribution in [3.8, 4) is 0 Å². The van der Waals surface area contributed by atoms with Crippen LogP contribution in [0.5, 0.6) is 0 Å². The van der Waals surface area contributed by atoms with E-state index in [0.29, 0.717) is 19.0 Å². The van der Waals surface area contributed by atoms with E-state index in [9.17, 15) is 9.59 Å². The Bertz CT molecular complexity index is 490. The maximum absolute atomic E-state index is 11.8. The second kappa shape index (κ2) is 8.41. The Morgan fingerprint density at radius 3 is 2.86 bits per heavy atom. The molecule has 120 valence electrons. The molecule has 1 heterocycles. The number of unbranched alkanes of at least 4 members (excludes halogenated alkanes) is 1. The number of carbonyl (C=O) groups excluding carboxylic acids is 2. The lowest BCUT2D eigenvalue weighted by molar-refractivity contribution is -0.122. The molecule has 0 bridgehead atoms. The third-order valence-corrected chi connectivity index (χ3v) is 4.05. The summed E-state index contributed by atoms with van der Waals surface area (Å²) in [5, 5.41) is 5.59. The molecule has 5 heteroatoms. The van der Waals surface area contributed by atoms with Gasteiger partial charge in [0, 0.05) is 13.1 Å². The van der Waals surface area contributed by atoms with Crippen LogP contribution < -0.4 is 10.6 Å². The number of hydrogen-bond donors (Lipinski definition) is 2. The predicted octanol–water partition coefficient (Wildman–Crippen LogP) is 2.47. The Morgan fingerprint density at radius 1 is 1.36 bits per heavy atom. The normalized spacial score (nSPS) is 20.5. The summed E-state index contributed by atoms with van der Waals surface area (Å²) < 4.78 is 5.16. The average molecular weight is 304 g/mol. The highest BCUT2D eigenvalue weighted by atomic mass is 16.5. The second-order valence-electron chi connectivity index (χ2n) is 5.70. The van der Waals surface area contributed by atoms with E-state index in [1.165, 1.54) is 0 Å². The molecular formula is C17H24N2O3. The van der Waals surface area contributed by atoms with Crippen molar-refractivity contribution in [3.05, 3.63) is 35.9 Å². The summed E-state index contributed by atoms with van der Waals surface area (Å²) in [4.78, 5) is 23.6. The first-order valence-electron chi connectivity index (χ1n) is 7.93. The fourth-order valence-electron chi connectivity index (χ4n) is 2.72. The first kappa shape index (κ1) is 16.3. The van der Waals surface area contributed by atoms with Gasteiger partial charge in [-0.25, -0.2) is 4.79 Å². The van der Waals surface area contributed by atoms with Crippen molar-refractivity contribution >= 4 is 12.0 Å². The van der Waals surface area contributed by atoms with Crippen molar-refractivity contribution < 1.29 is 14.3 Å². The molecule has 22 heavy (non-hydrogen) atoms. The monoisotopic (exact) mass is 304 g/mol. The lowest BCUT2D eigenvalue weighted by Gasteiger charge is -2.16. The van der Waals surface area contributed by atoms with E-state index in [1.54, 1.807) is 0 Å². The van der Waals surface area contributed by atoms with Gasteiger partial charge in [-0.15, -0.1) is 0 Å². The maximum atomic E-state index is 11.8. The third-order valence-electron chi connectivity index (χ3n) is 4.05. The zero-order valence-corrected chi connectivity index (χ0v) is 13.0. The molecule has 1 aromatic rings. The number of nitrogens with one attached hydrogen (secondary N) is 2. The largest absolute Gasteiger partial charge is 0.445 e. The fraction of sp³-hybridized carbons (Fsp3) is 0.529. The van der Waals surface area contributed by atoms with Gasteiger partial charge in [0.25, 0.3) is 0 Å². The van der Waals surface area contributed by atoms with Gasteiger partial charge in [-0.3, -0.25) is 4.79 Å². The molecule has 2 N–H and O–H groups in total. The first-order valence-corrected chi connectivity index (χ1v) is 7.93. The lowest BCUT2D eigenvalue weighted by Crippen LogP contribution is -2.35. The number of carbonyl (C=O) groups is 2. The number of amides is 2. The van der Waals surface area contributed by atoms with Crippen molar-refractivity contribution in [3.63, 3.8) is 0 Å². The van der Waals surface area contributed by atoms with Crippen LogP contribution in [0.25, 0.3) is 0 Å². The molecule has 2 rings (SSSR count). The number of ether oxygens (including phenoxy) is 1. The Morgan fingerprint density at radius 2 is 2.14 bits per heavy atom. The molecule has 1 aromatic carbocycles. The summed E-state index contributed by atoms with van der Waals surface area (Å²) in [5.74, 6) is 0.196. The highest BCUT2D eigenvalue weighted by Gasteiger charge is 2.34. The minimum absolute atomic E-state index is 0.0319. The molecule has 1 aliphatic heterocycles. The van der Waals surface area contributed by atoms with Crippen molar-refractivity contribution in [2.45, 2.75) is 32.8 Å². The van der Waals surface area contributed by atoms with Gasteiger partial charge in [-0.2, -0.15) is 0 Å². The molecule has 0 radical (unpaired) electrons. The topological polar surface area (TPSA) is 67.4 Å². The molecular weight excluding hydrogens is 280 g/mol. The van der Waals surface area contributed by atoms with Gasteiger partial charge >= 0.3 is 6.09 Å². The zero-order valence-electron chi connectivity index (χ0n) is 13.0. The van der Waals surface area contributed by atoms with Crippen LogP contribution in [0.3, 0.4) is 0 Å². The van der Waals surface area contributed by atoms with Crippen LogP contribution in [0, 0.1) is 11.8 Å². The van der Waals surface area contributed by atoms with Gasteiger partial charge in [-0.05, 0) is 17.9 Å². The summed E-state index contributed by atoms with van der Waals surface area (Å²) in [7, 11) is 0. The highest BCUT2D eigenvalue weighted by Crippen LogP contribution is 2.23. The van der Waals surface area contributed by atoms with Gasteiger partial charge in [0.2, 0.25) is 5.91 Å². The summed E-state index contributed by atoms with van der Waals surface area (Å²) in [5.41, 5.74) is 0.942. The molecule has 2 atom stereocenters. The number of hydrogen-bond acceptors (Lipinski definition) is 3. The minimum Gasteiger partial charge on any atom is -0.445 e. The average Bonchev–Trinajstić information content (AvgIpc) is 2.90. The van der Waals surface area contributed by atoms with Crippen molar-refractivity contribution in [2.24, 2.45) is 11.8 Å². The molecule has 5 nitrogen and oxygen atoms in total. The van der Waals surface area contributed by atoms with Crippen LogP contribution in [-0.2, 0) is 16.1 Å². The summed E-state index contributed by atoms with van der Waals surface area (Å²) in [6.07, 6.45) is 2.76. The smallest absolute Gasteiger partial charge is 0.407 e. The van der Waals surface area contributed by atoms with Crippen LogP contribution in [0.1, 0.15) is 31.7 Å². The zero-order chi connectivity index (χ0) is 15.8. The molecule has 2 unspecified atom stereocenters. The standard InChI is InChI=1S/C17H24N2O3/c1-2-3-9-14-10-18-16(20)15(14)11-19-17(21)22-12-13-7-5-4-6-8-13/h4-8,14-15H,2-3,9-12H2,1H3,(H,18,20)(H,19,21). The maximum Gasteiger partial charge on any atom is 0.407 e. The SMILES string of the molecule is CCCCC1CNC(=O)C1CNC(=O)OCc1ccccc1. The molecule has 0 aromatic heterocycles. The fourth-order valence-corrected chi connectivity index (χ4v) is 2.72. The Balaban J connectivity index is 1.73. The molecule has 1 aliphatic rings. The summed E-state index contributed by atoms with van der Waals surface area (Å²) in [6.45, 7) is 3.43. The minimum atomic E-state index is -0.474.